The summed E-state index contributed by atoms with van der Waals surface area (Å²) < 4.78 is 18.3. The second-order valence-electron chi connectivity index (χ2n) is 11.0. The van der Waals surface area contributed by atoms with Crippen LogP contribution in [0.3, 0.4) is 0 Å². The zero-order valence-electron chi connectivity index (χ0n) is 26.5. The van der Waals surface area contributed by atoms with Crippen LogP contribution < -0.4 is 0 Å². The molecule has 12 heteroatoms. The van der Waals surface area contributed by atoms with Crippen molar-refractivity contribution in [2.24, 2.45) is 0 Å². The highest BCUT2D eigenvalue weighted by atomic mass is 16.7. The fourth-order valence-corrected chi connectivity index (χ4v) is 5.47. The number of ether oxygens (including phenoxy) is 4. The summed E-state index contributed by atoms with van der Waals surface area (Å²) in [6.07, 6.45) is 0.220. The van der Waals surface area contributed by atoms with Gasteiger partial charge in [-0.2, -0.15) is 0 Å². The van der Waals surface area contributed by atoms with E-state index in [2.05, 4.69) is 19.4 Å². The third-order valence-corrected chi connectivity index (χ3v) is 7.96. The first-order valence-corrected chi connectivity index (χ1v) is 14.6. The normalized spacial score (nSPS) is 12.4. The minimum Gasteiger partial charge on any atom is -0.437 e. The van der Waals surface area contributed by atoms with Gasteiger partial charge in [0.1, 0.15) is 0 Å². The number of hydrogen-bond donors (Lipinski definition) is 2. The van der Waals surface area contributed by atoms with Crippen LogP contribution in [-0.4, -0.2) is 58.4 Å². The predicted molar refractivity (Wildman–Crippen MR) is 171 cm³/mol. The molecule has 0 amide bonds. The van der Waals surface area contributed by atoms with Crippen molar-refractivity contribution >= 4 is 69.1 Å². The molecule has 238 valence electrons. The molecule has 0 saturated carbocycles. The van der Waals surface area contributed by atoms with Crippen molar-refractivity contribution in [3.05, 3.63) is 69.8 Å². The molecule has 2 N–H and O–H groups in total. The van der Waals surface area contributed by atoms with Crippen molar-refractivity contribution < 1.29 is 38.1 Å². The Kier molecular flexibility index (Phi) is 9.17. The van der Waals surface area contributed by atoms with E-state index in [1.807, 2.05) is 64.1 Å². The maximum Gasteiger partial charge on any atom is 0.515 e. The van der Waals surface area contributed by atoms with Gasteiger partial charge in [-0.15, -0.1) is 0 Å². The van der Waals surface area contributed by atoms with Gasteiger partial charge in [-0.05, 0) is 110 Å². The van der Waals surface area contributed by atoms with E-state index >= 15 is 0 Å². The van der Waals surface area contributed by atoms with Crippen LogP contribution in [0.1, 0.15) is 72.6 Å². The maximum absolute atomic E-state index is 12.4. The van der Waals surface area contributed by atoms with Crippen LogP contribution in [0.25, 0.3) is 44.9 Å². The van der Waals surface area contributed by atoms with Crippen molar-refractivity contribution in [1.29, 1.82) is 0 Å². The number of allylic oxidation sites excluding steroid dienone is 3. The second kappa shape index (κ2) is 13.2. The molecule has 2 aliphatic heterocycles. The number of esters is 2. The summed E-state index contributed by atoms with van der Waals surface area (Å²) in [5.41, 5.74) is 11.5. The Hall–Kier alpha value is -5.52. The predicted octanol–water partition coefficient (Wildman–Crippen LogP) is 6.75. The Morgan fingerprint density at radius 2 is 1.37 bits per heavy atom. The first-order chi connectivity index (χ1) is 21.9. The van der Waals surface area contributed by atoms with E-state index in [4.69, 9.17) is 19.4 Å². The maximum atomic E-state index is 12.4. The van der Waals surface area contributed by atoms with Gasteiger partial charge in [-0.25, -0.2) is 19.6 Å². The second-order valence-corrected chi connectivity index (χ2v) is 11.0. The highest BCUT2D eigenvalue weighted by Crippen LogP contribution is 2.35. The smallest absolute Gasteiger partial charge is 0.437 e. The minimum absolute atomic E-state index is 0.0719. The number of H-pyrrole nitrogens is 2. The third kappa shape index (κ3) is 6.90. The van der Waals surface area contributed by atoms with Crippen LogP contribution in [0, 0.1) is 13.8 Å². The first kappa shape index (κ1) is 31.9. The van der Waals surface area contributed by atoms with E-state index in [-0.39, 0.29) is 25.7 Å². The largest absolute Gasteiger partial charge is 0.515 e. The van der Waals surface area contributed by atoms with E-state index in [1.165, 1.54) is 0 Å². The lowest BCUT2D eigenvalue weighted by Gasteiger charge is -2.05. The highest BCUT2D eigenvalue weighted by molar-refractivity contribution is 5.95. The molecule has 0 saturated heterocycles. The molecular formula is C34H34N4O8. The van der Waals surface area contributed by atoms with Gasteiger partial charge >= 0.3 is 24.2 Å². The molecule has 5 heterocycles. The number of carbonyl (C=O) groups excluding carboxylic acids is 4. The molecule has 5 rings (SSSR count). The number of aromatic amines is 2. The average Bonchev–Trinajstić information content (AvgIpc) is 3.71. The lowest BCUT2D eigenvalue weighted by Crippen LogP contribution is -2.12. The minimum atomic E-state index is -1.07. The summed E-state index contributed by atoms with van der Waals surface area (Å²) in [5.74, 6) is -1.45. The topological polar surface area (TPSA) is 163 Å². The van der Waals surface area contributed by atoms with Crippen molar-refractivity contribution in [1.82, 2.24) is 19.9 Å². The summed E-state index contributed by atoms with van der Waals surface area (Å²) in [4.78, 5) is 64.5. The fraction of sp³-hybridized carbons (Fsp3) is 0.294. The van der Waals surface area contributed by atoms with E-state index < -0.39 is 24.2 Å². The Labute approximate surface area is 264 Å². The Morgan fingerprint density at radius 1 is 0.696 bits per heavy atom. The summed E-state index contributed by atoms with van der Waals surface area (Å²) in [5, 5.41) is 0. The van der Waals surface area contributed by atoms with Crippen LogP contribution in [0.2, 0.25) is 0 Å². The van der Waals surface area contributed by atoms with Gasteiger partial charge in [-0.3, -0.25) is 9.59 Å². The van der Waals surface area contributed by atoms with Crippen molar-refractivity contribution in [3.8, 4) is 0 Å². The Balaban J connectivity index is 1.71. The van der Waals surface area contributed by atoms with Crippen LogP contribution >= 0.6 is 0 Å². The van der Waals surface area contributed by atoms with Gasteiger partial charge in [-0.1, -0.05) is 0 Å². The Morgan fingerprint density at radius 3 is 2.04 bits per heavy atom. The monoisotopic (exact) mass is 626 g/mol. The van der Waals surface area contributed by atoms with Gasteiger partial charge in [0.15, 0.2) is 0 Å². The molecule has 3 aromatic heterocycles. The van der Waals surface area contributed by atoms with Crippen molar-refractivity contribution in [3.63, 3.8) is 0 Å². The molecule has 0 aromatic carbocycles. The lowest BCUT2D eigenvalue weighted by atomic mass is 10.00. The third-order valence-electron chi connectivity index (χ3n) is 7.96. The zero-order chi connectivity index (χ0) is 33.1. The fourth-order valence-electron chi connectivity index (χ4n) is 5.47. The molecule has 0 fully saturated rings. The molecule has 0 spiro atoms. The molecule has 3 aromatic rings. The Bertz CT molecular complexity index is 2000. The average molecular weight is 627 g/mol. The number of carbonyl (C=O) groups is 4. The number of aryl methyl sites for hydroxylation is 3. The van der Waals surface area contributed by atoms with Crippen LogP contribution in [0.5, 0.6) is 0 Å². The molecule has 12 nitrogen and oxygen atoms in total. The van der Waals surface area contributed by atoms with Crippen LogP contribution in [0.4, 0.5) is 9.59 Å². The standard InChI is InChI=1S/C34H34N4O8/c1-17-11-22-14-27-19(3)23(7-9-31(39)45-33(41)43-5)29(37-27)16-30-24(8-10-32(40)46-34(42)44-6)20(4)28(38-30)15-26-18(2)12-21(36-26)13-25(17)35-22/h11-16,35,37H,7-10H2,1-6H3. The van der Waals surface area contributed by atoms with Gasteiger partial charge < -0.3 is 28.9 Å². The van der Waals surface area contributed by atoms with Gasteiger partial charge in [0, 0.05) is 22.1 Å². The molecule has 0 atom stereocenters. The van der Waals surface area contributed by atoms with Crippen molar-refractivity contribution in [2.75, 3.05) is 14.2 Å². The molecule has 0 aliphatic carbocycles. The lowest BCUT2D eigenvalue weighted by molar-refractivity contribution is -0.140. The number of nitrogens with one attached hydrogen (secondary N) is 2. The quantitative estimate of drug-likeness (QED) is 0.221. The number of rotatable bonds is 6. The molecular weight excluding hydrogens is 592 g/mol. The van der Waals surface area contributed by atoms with E-state index in [1.54, 1.807) is 0 Å². The molecule has 2 aliphatic rings. The van der Waals surface area contributed by atoms with E-state index in [0.717, 1.165) is 75.6 Å². The number of nitrogens with zero attached hydrogens (tertiary/aromatic N) is 2. The summed E-state index contributed by atoms with van der Waals surface area (Å²) in [6.45, 7) is 7.88. The van der Waals surface area contributed by atoms with E-state index in [0.29, 0.717) is 16.9 Å². The number of fused-ring (bicyclic) bond motifs is 8. The van der Waals surface area contributed by atoms with Crippen molar-refractivity contribution in [2.45, 2.75) is 53.4 Å². The molecule has 0 unspecified atom stereocenters. The SMILES string of the molecule is COC(=O)OC(=O)CCC1=C(C)c2cc3nc(cc4[nH]c(cc4C)cc4[nH]c(cc1n2)c(CCC(=O)OC(=O)OC)c4C)C=C3C. The van der Waals surface area contributed by atoms with Gasteiger partial charge in [0.25, 0.3) is 0 Å². The van der Waals surface area contributed by atoms with Crippen LogP contribution in [0.15, 0.2) is 30.3 Å². The van der Waals surface area contributed by atoms with E-state index in [9.17, 15) is 19.2 Å². The molecule has 0 radical (unpaired) electrons. The van der Waals surface area contributed by atoms with Gasteiger partial charge in [0.2, 0.25) is 0 Å². The zero-order valence-corrected chi connectivity index (χ0v) is 26.5. The first-order valence-electron chi connectivity index (χ1n) is 14.6. The van der Waals surface area contributed by atoms with Crippen LogP contribution in [-0.2, 0) is 35.0 Å². The molecule has 46 heavy (non-hydrogen) atoms. The summed E-state index contributed by atoms with van der Waals surface area (Å²) in [7, 11) is 2.27. The summed E-state index contributed by atoms with van der Waals surface area (Å²) >= 11 is 0. The highest BCUT2D eigenvalue weighted by Gasteiger charge is 2.21. The molecule has 8 bridgehead atoms. The summed E-state index contributed by atoms with van der Waals surface area (Å²) in [6, 6.07) is 9.82. The number of hydrogen-bond acceptors (Lipinski definition) is 10. The number of aromatic nitrogens is 4. The number of methoxy groups -OCH3 is 2. The van der Waals surface area contributed by atoms with Gasteiger partial charge in [0.05, 0.1) is 49.8 Å².